The Balaban J connectivity index is 1.70. The maximum Gasteiger partial charge on any atom is 0.307 e. The van der Waals surface area contributed by atoms with Gasteiger partial charge >= 0.3 is 4.87 Å². The van der Waals surface area contributed by atoms with Crippen LogP contribution in [0.25, 0.3) is 10.2 Å². The molecule has 0 radical (unpaired) electrons. The monoisotopic (exact) mass is 374 g/mol. The number of nitrogens with zero attached hydrogens (tertiary/aromatic N) is 1. The first-order valence-corrected chi connectivity index (χ1v) is 10.5. The highest BCUT2D eigenvalue weighted by atomic mass is 32.2. The Morgan fingerprint density at radius 1 is 1.20 bits per heavy atom. The first-order valence-electron chi connectivity index (χ1n) is 8.15. The van der Waals surface area contributed by atoms with Crippen LogP contribution in [0.1, 0.15) is 30.0 Å². The van der Waals surface area contributed by atoms with Crippen molar-refractivity contribution in [2.24, 2.45) is 7.05 Å². The van der Waals surface area contributed by atoms with Crippen molar-refractivity contribution in [2.75, 3.05) is 0 Å². The Labute approximate surface area is 150 Å². The summed E-state index contributed by atoms with van der Waals surface area (Å²) in [5.74, 6) is 0. The summed E-state index contributed by atoms with van der Waals surface area (Å²) in [6, 6.07) is 12.6. The molecule has 7 heteroatoms. The van der Waals surface area contributed by atoms with E-state index in [0.29, 0.717) is 4.70 Å². The van der Waals surface area contributed by atoms with E-state index in [-0.39, 0.29) is 15.8 Å². The molecule has 0 aliphatic heterocycles. The van der Waals surface area contributed by atoms with Crippen molar-refractivity contribution >= 4 is 31.6 Å². The van der Waals surface area contributed by atoms with E-state index >= 15 is 0 Å². The third kappa shape index (κ3) is 2.92. The van der Waals surface area contributed by atoms with E-state index in [1.165, 1.54) is 10.1 Å². The van der Waals surface area contributed by atoms with E-state index < -0.39 is 10.0 Å². The van der Waals surface area contributed by atoms with Gasteiger partial charge < -0.3 is 4.57 Å². The quantitative estimate of drug-likeness (QED) is 0.766. The largest absolute Gasteiger partial charge is 0.307 e. The van der Waals surface area contributed by atoms with Gasteiger partial charge in [0.2, 0.25) is 10.0 Å². The third-order valence-electron chi connectivity index (χ3n) is 4.74. The summed E-state index contributed by atoms with van der Waals surface area (Å²) in [6.07, 6.45) is 2.74. The number of nitrogens with one attached hydrogen (secondary N) is 1. The molecule has 1 heterocycles. The molecule has 2 aromatic carbocycles. The topological polar surface area (TPSA) is 68.2 Å². The van der Waals surface area contributed by atoms with Gasteiger partial charge in [-0.1, -0.05) is 35.6 Å². The first-order chi connectivity index (χ1) is 12.0. The molecule has 1 aliphatic carbocycles. The molecule has 1 aliphatic rings. The summed E-state index contributed by atoms with van der Waals surface area (Å²) in [4.78, 5) is 11.9. The molecule has 25 heavy (non-hydrogen) atoms. The number of fused-ring (bicyclic) bond motifs is 2. The lowest BCUT2D eigenvalue weighted by Crippen LogP contribution is -2.31. The summed E-state index contributed by atoms with van der Waals surface area (Å²) in [6.45, 7) is 0. The molecular weight excluding hydrogens is 356 g/mol. The van der Waals surface area contributed by atoms with Gasteiger partial charge in [-0.05, 0) is 48.6 Å². The highest BCUT2D eigenvalue weighted by Crippen LogP contribution is 2.31. The van der Waals surface area contributed by atoms with E-state index in [1.54, 1.807) is 25.2 Å². The summed E-state index contributed by atoms with van der Waals surface area (Å²) in [5.41, 5.74) is 3.01. The molecule has 1 aromatic heterocycles. The van der Waals surface area contributed by atoms with Crippen LogP contribution in [0.5, 0.6) is 0 Å². The van der Waals surface area contributed by atoms with Crippen LogP contribution in [0.15, 0.2) is 52.2 Å². The average Bonchev–Trinajstić information content (AvgIpc) is 2.89. The zero-order valence-electron chi connectivity index (χ0n) is 13.7. The smallest absolute Gasteiger partial charge is 0.302 e. The molecular formula is C18H18N2O3S2. The van der Waals surface area contributed by atoms with Crippen LogP contribution < -0.4 is 9.60 Å². The normalized spacial score (nSPS) is 17.6. The lowest BCUT2D eigenvalue weighted by atomic mass is 9.88. The number of benzene rings is 2. The molecule has 1 atom stereocenters. The molecule has 3 aromatic rings. The number of aromatic nitrogens is 1. The van der Waals surface area contributed by atoms with Gasteiger partial charge in [-0.25, -0.2) is 13.1 Å². The van der Waals surface area contributed by atoms with E-state index in [0.717, 1.165) is 41.7 Å². The lowest BCUT2D eigenvalue weighted by molar-refractivity contribution is 0.507. The van der Waals surface area contributed by atoms with Gasteiger partial charge in [-0.3, -0.25) is 4.79 Å². The maximum atomic E-state index is 12.9. The summed E-state index contributed by atoms with van der Waals surface area (Å²) in [7, 11) is -1.97. The standard InChI is InChI=1S/C18H18N2O3S2/c1-20-16-10-9-13(11-17(16)24-18(20)21)25(22,23)19-15-8-4-6-12-5-2-3-7-14(12)15/h2-3,5,7,9-11,15,19H,4,6,8H2,1H3. The van der Waals surface area contributed by atoms with Crippen molar-refractivity contribution < 1.29 is 8.42 Å². The van der Waals surface area contributed by atoms with Gasteiger partial charge in [0, 0.05) is 13.1 Å². The second-order valence-corrected chi connectivity index (χ2v) is 9.03. The maximum absolute atomic E-state index is 12.9. The Hall–Kier alpha value is -1.96. The summed E-state index contributed by atoms with van der Waals surface area (Å²) < 4.78 is 30.8. The lowest BCUT2D eigenvalue weighted by Gasteiger charge is -2.26. The van der Waals surface area contributed by atoms with E-state index in [1.807, 2.05) is 18.2 Å². The second-order valence-electron chi connectivity index (χ2n) is 6.32. The van der Waals surface area contributed by atoms with Crippen LogP contribution in [-0.2, 0) is 23.5 Å². The van der Waals surface area contributed by atoms with Gasteiger partial charge in [0.25, 0.3) is 0 Å². The van der Waals surface area contributed by atoms with Gasteiger partial charge in [0.15, 0.2) is 0 Å². The highest BCUT2D eigenvalue weighted by Gasteiger charge is 2.26. The molecule has 0 bridgehead atoms. The number of aryl methyl sites for hydroxylation is 2. The number of rotatable bonds is 3. The molecule has 0 spiro atoms. The molecule has 4 rings (SSSR count). The van der Waals surface area contributed by atoms with Crippen molar-refractivity contribution in [3.05, 3.63) is 63.3 Å². The number of sulfonamides is 1. The molecule has 130 valence electrons. The predicted octanol–water partition coefficient (Wildman–Crippen LogP) is 2.96. The van der Waals surface area contributed by atoms with Crippen molar-refractivity contribution in [3.8, 4) is 0 Å². The van der Waals surface area contributed by atoms with Gasteiger partial charge in [0.05, 0.1) is 15.1 Å². The SMILES string of the molecule is Cn1c(=O)sc2cc(S(=O)(=O)NC3CCCc4ccccc43)ccc21. The van der Waals surface area contributed by atoms with E-state index in [4.69, 9.17) is 0 Å². The Morgan fingerprint density at radius 2 is 2.00 bits per heavy atom. The van der Waals surface area contributed by atoms with Crippen molar-refractivity contribution in [2.45, 2.75) is 30.2 Å². The fourth-order valence-corrected chi connectivity index (χ4v) is 5.68. The molecule has 5 nitrogen and oxygen atoms in total. The predicted molar refractivity (Wildman–Crippen MR) is 99.5 cm³/mol. The Bertz CT molecular complexity index is 1110. The molecule has 0 amide bonds. The van der Waals surface area contributed by atoms with Gasteiger partial charge in [-0.2, -0.15) is 0 Å². The van der Waals surface area contributed by atoms with Crippen LogP contribution in [0.3, 0.4) is 0 Å². The third-order valence-corrected chi connectivity index (χ3v) is 7.21. The van der Waals surface area contributed by atoms with Crippen LogP contribution in [-0.4, -0.2) is 13.0 Å². The second kappa shape index (κ2) is 6.09. The Kier molecular flexibility index (Phi) is 4.02. The van der Waals surface area contributed by atoms with Crippen LogP contribution in [0.2, 0.25) is 0 Å². The fourth-order valence-electron chi connectivity index (χ4n) is 3.41. The van der Waals surface area contributed by atoms with Crippen molar-refractivity contribution in [3.63, 3.8) is 0 Å². The molecule has 1 N–H and O–H groups in total. The number of hydrogen-bond donors (Lipinski definition) is 1. The van der Waals surface area contributed by atoms with Crippen molar-refractivity contribution in [1.29, 1.82) is 0 Å². The van der Waals surface area contributed by atoms with E-state index in [2.05, 4.69) is 10.8 Å². The number of hydrogen-bond acceptors (Lipinski definition) is 4. The van der Waals surface area contributed by atoms with Crippen LogP contribution in [0.4, 0.5) is 0 Å². The minimum atomic E-state index is -3.65. The van der Waals surface area contributed by atoms with Gasteiger partial charge in [-0.15, -0.1) is 0 Å². The van der Waals surface area contributed by atoms with Crippen LogP contribution in [0, 0.1) is 0 Å². The molecule has 0 fully saturated rings. The highest BCUT2D eigenvalue weighted by molar-refractivity contribution is 7.89. The molecule has 0 saturated carbocycles. The van der Waals surface area contributed by atoms with Crippen molar-refractivity contribution in [1.82, 2.24) is 9.29 Å². The average molecular weight is 374 g/mol. The molecule has 1 unspecified atom stereocenters. The fraction of sp³-hybridized carbons (Fsp3) is 0.278. The zero-order valence-corrected chi connectivity index (χ0v) is 15.4. The first kappa shape index (κ1) is 16.5. The minimum absolute atomic E-state index is 0.0984. The van der Waals surface area contributed by atoms with Gasteiger partial charge in [0.1, 0.15) is 0 Å². The number of thiazole rings is 1. The molecule has 0 saturated heterocycles. The van der Waals surface area contributed by atoms with Crippen LogP contribution >= 0.6 is 11.3 Å². The summed E-state index contributed by atoms with van der Waals surface area (Å²) >= 11 is 1.06. The minimum Gasteiger partial charge on any atom is -0.302 e. The summed E-state index contributed by atoms with van der Waals surface area (Å²) in [5, 5.41) is 0. The zero-order chi connectivity index (χ0) is 17.6. The Morgan fingerprint density at radius 3 is 2.84 bits per heavy atom. The van der Waals surface area contributed by atoms with E-state index in [9.17, 15) is 13.2 Å².